The second-order valence-corrected chi connectivity index (χ2v) is 5.38. The van der Waals surface area contributed by atoms with Gasteiger partial charge in [0.1, 0.15) is 5.82 Å². The van der Waals surface area contributed by atoms with E-state index >= 15 is 0 Å². The van der Waals surface area contributed by atoms with E-state index in [0.717, 1.165) is 11.4 Å². The van der Waals surface area contributed by atoms with Crippen molar-refractivity contribution in [3.05, 3.63) is 71.1 Å². The molecule has 26 heavy (non-hydrogen) atoms. The van der Waals surface area contributed by atoms with Crippen LogP contribution in [0.5, 0.6) is 0 Å². The third-order valence-corrected chi connectivity index (χ3v) is 3.67. The fraction of sp³-hybridized carbons (Fsp3) is 0.176. The Morgan fingerprint density at radius 3 is 2.50 bits per heavy atom. The lowest BCUT2D eigenvalue weighted by molar-refractivity contribution is -0.384. The summed E-state index contributed by atoms with van der Waals surface area (Å²) in [5.74, 6) is 1.21. The highest BCUT2D eigenvalue weighted by molar-refractivity contribution is 5.62. The van der Waals surface area contributed by atoms with E-state index in [4.69, 9.17) is 0 Å². The quantitative estimate of drug-likeness (QED) is 0.511. The Balaban J connectivity index is 1.58. The molecule has 0 aliphatic carbocycles. The molecule has 0 aliphatic heterocycles. The highest BCUT2D eigenvalue weighted by Crippen LogP contribution is 2.24. The summed E-state index contributed by atoms with van der Waals surface area (Å²) in [5, 5.41) is 13.8. The maximum absolute atomic E-state index is 10.7. The van der Waals surface area contributed by atoms with E-state index in [1.165, 1.54) is 12.1 Å². The van der Waals surface area contributed by atoms with E-state index < -0.39 is 4.92 Å². The van der Waals surface area contributed by atoms with Gasteiger partial charge >= 0.3 is 0 Å². The predicted octanol–water partition coefficient (Wildman–Crippen LogP) is 2.40. The molecule has 0 bridgehead atoms. The van der Waals surface area contributed by atoms with E-state index in [0.29, 0.717) is 24.7 Å². The Labute approximate surface area is 149 Å². The number of nitrogens with zero attached hydrogens (tertiary/aromatic N) is 6. The highest BCUT2D eigenvalue weighted by Gasteiger charge is 2.09. The van der Waals surface area contributed by atoms with Gasteiger partial charge < -0.3 is 10.2 Å². The van der Waals surface area contributed by atoms with Crippen LogP contribution in [0.3, 0.4) is 0 Å². The Morgan fingerprint density at radius 1 is 1.15 bits per heavy atom. The van der Waals surface area contributed by atoms with Gasteiger partial charge in [-0.15, -0.1) is 0 Å². The SMILES string of the molecule is CN(c1ccc([N+](=O)[O-])cc1)c1cnc(CCNc2n[c]ccn2)nc1. The van der Waals surface area contributed by atoms with Gasteiger partial charge in [-0.05, 0) is 18.2 Å². The molecule has 9 heteroatoms. The molecule has 9 nitrogen and oxygen atoms in total. The summed E-state index contributed by atoms with van der Waals surface area (Å²) in [7, 11) is 1.85. The molecule has 3 aromatic rings. The van der Waals surface area contributed by atoms with Crippen LogP contribution in [0.1, 0.15) is 5.82 Å². The molecule has 0 unspecified atom stereocenters. The van der Waals surface area contributed by atoms with E-state index in [-0.39, 0.29) is 5.69 Å². The minimum Gasteiger partial charge on any atom is -0.354 e. The second kappa shape index (κ2) is 7.97. The number of rotatable bonds is 7. The number of aromatic nitrogens is 4. The van der Waals surface area contributed by atoms with Gasteiger partial charge in [0, 0.05) is 44.0 Å². The largest absolute Gasteiger partial charge is 0.354 e. The molecule has 0 saturated heterocycles. The molecule has 0 saturated carbocycles. The molecule has 2 aromatic heterocycles. The van der Waals surface area contributed by atoms with Crippen LogP contribution in [-0.2, 0) is 6.42 Å². The van der Waals surface area contributed by atoms with Crippen molar-refractivity contribution in [3.8, 4) is 0 Å². The van der Waals surface area contributed by atoms with E-state index in [1.807, 2.05) is 11.9 Å². The van der Waals surface area contributed by atoms with Crippen LogP contribution in [-0.4, -0.2) is 38.5 Å². The van der Waals surface area contributed by atoms with Crippen molar-refractivity contribution in [1.82, 2.24) is 19.9 Å². The molecule has 1 N–H and O–H groups in total. The van der Waals surface area contributed by atoms with Crippen LogP contribution in [0, 0.1) is 16.3 Å². The zero-order valence-electron chi connectivity index (χ0n) is 14.0. The number of non-ortho nitro benzene ring substituents is 1. The zero-order valence-corrected chi connectivity index (χ0v) is 14.0. The van der Waals surface area contributed by atoms with Crippen LogP contribution in [0.25, 0.3) is 0 Å². The first-order valence-electron chi connectivity index (χ1n) is 7.85. The first-order valence-corrected chi connectivity index (χ1v) is 7.85. The number of anilines is 3. The summed E-state index contributed by atoms with van der Waals surface area (Å²) in [4.78, 5) is 28.9. The summed E-state index contributed by atoms with van der Waals surface area (Å²) >= 11 is 0. The summed E-state index contributed by atoms with van der Waals surface area (Å²) in [6.45, 7) is 0.607. The molecule has 1 radical (unpaired) electrons. The smallest absolute Gasteiger partial charge is 0.269 e. The molecular weight excluding hydrogens is 334 g/mol. The van der Waals surface area contributed by atoms with Crippen LogP contribution in [0.2, 0.25) is 0 Å². The van der Waals surface area contributed by atoms with Gasteiger partial charge in [0.05, 0.1) is 29.2 Å². The maximum Gasteiger partial charge on any atom is 0.269 e. The first kappa shape index (κ1) is 17.2. The van der Waals surface area contributed by atoms with Crippen molar-refractivity contribution in [2.75, 3.05) is 23.8 Å². The Hall–Kier alpha value is -3.62. The number of nitrogens with one attached hydrogen (secondary N) is 1. The number of benzene rings is 1. The molecule has 0 amide bonds. The third-order valence-electron chi connectivity index (χ3n) is 3.67. The van der Waals surface area contributed by atoms with Gasteiger partial charge in [-0.2, -0.15) is 0 Å². The summed E-state index contributed by atoms with van der Waals surface area (Å²) in [5.41, 5.74) is 1.66. The normalized spacial score (nSPS) is 10.3. The van der Waals surface area contributed by atoms with Crippen LogP contribution >= 0.6 is 0 Å². The van der Waals surface area contributed by atoms with Gasteiger partial charge in [0.25, 0.3) is 5.69 Å². The van der Waals surface area contributed by atoms with Crippen LogP contribution in [0.15, 0.2) is 48.9 Å². The van der Waals surface area contributed by atoms with Crippen LogP contribution in [0.4, 0.5) is 23.0 Å². The number of hydrogen-bond acceptors (Lipinski definition) is 8. The fourth-order valence-corrected chi connectivity index (χ4v) is 2.24. The minimum absolute atomic E-state index is 0.0567. The van der Waals surface area contributed by atoms with Crippen molar-refractivity contribution in [1.29, 1.82) is 0 Å². The third kappa shape index (κ3) is 4.26. The second-order valence-electron chi connectivity index (χ2n) is 5.38. The number of nitro groups is 1. The van der Waals surface area contributed by atoms with Gasteiger partial charge in [-0.1, -0.05) is 0 Å². The Kier molecular flexibility index (Phi) is 5.28. The molecule has 131 valence electrons. The van der Waals surface area contributed by atoms with Gasteiger partial charge in [0.15, 0.2) is 0 Å². The van der Waals surface area contributed by atoms with E-state index in [2.05, 4.69) is 31.4 Å². The molecule has 0 fully saturated rings. The van der Waals surface area contributed by atoms with Crippen LogP contribution < -0.4 is 10.2 Å². The van der Waals surface area contributed by atoms with Crippen molar-refractivity contribution >= 4 is 23.0 Å². The Bertz CT molecular complexity index is 855. The van der Waals surface area contributed by atoms with Gasteiger partial charge in [0.2, 0.25) is 5.95 Å². The molecule has 1 aromatic carbocycles. The number of hydrogen-bond donors (Lipinski definition) is 1. The fourth-order valence-electron chi connectivity index (χ4n) is 2.24. The predicted molar refractivity (Wildman–Crippen MR) is 96.3 cm³/mol. The monoisotopic (exact) mass is 350 g/mol. The summed E-state index contributed by atoms with van der Waals surface area (Å²) in [6.07, 6.45) is 8.39. The summed E-state index contributed by atoms with van der Waals surface area (Å²) < 4.78 is 0. The highest BCUT2D eigenvalue weighted by atomic mass is 16.6. The topological polar surface area (TPSA) is 110 Å². The van der Waals surface area contributed by atoms with Crippen molar-refractivity contribution in [3.63, 3.8) is 0 Å². The standard InChI is InChI=1S/C17H16N7O2/c1-23(13-3-5-14(6-4-13)24(25)26)15-11-21-16(22-12-15)7-10-20-17-18-8-2-9-19-17/h2-6,8,11-12H,7,10H2,1H3,(H,18,19,20). The molecule has 3 rings (SSSR count). The maximum atomic E-state index is 10.7. The van der Waals surface area contributed by atoms with E-state index in [1.54, 1.807) is 36.8 Å². The zero-order chi connectivity index (χ0) is 18.4. The Morgan fingerprint density at radius 2 is 1.88 bits per heavy atom. The first-order chi connectivity index (χ1) is 12.6. The molecule has 0 atom stereocenters. The molecule has 0 spiro atoms. The van der Waals surface area contributed by atoms with Crippen molar-refractivity contribution < 1.29 is 4.92 Å². The average Bonchev–Trinajstić information content (AvgIpc) is 2.69. The lowest BCUT2D eigenvalue weighted by atomic mass is 10.2. The van der Waals surface area contributed by atoms with Gasteiger partial charge in [-0.25, -0.2) is 19.9 Å². The average molecular weight is 350 g/mol. The minimum atomic E-state index is -0.422. The van der Waals surface area contributed by atoms with Gasteiger partial charge in [-0.3, -0.25) is 10.1 Å². The molecular formula is C17H16N7O2. The number of nitro benzene ring substituents is 1. The van der Waals surface area contributed by atoms with Crippen molar-refractivity contribution in [2.24, 2.45) is 0 Å². The van der Waals surface area contributed by atoms with E-state index in [9.17, 15) is 10.1 Å². The molecule has 0 aliphatic rings. The lowest BCUT2D eigenvalue weighted by Gasteiger charge is -2.18. The summed E-state index contributed by atoms with van der Waals surface area (Å²) in [6, 6.07) is 7.94. The molecule has 2 heterocycles. The van der Waals surface area contributed by atoms with Crippen molar-refractivity contribution in [2.45, 2.75) is 6.42 Å². The lowest BCUT2D eigenvalue weighted by Crippen LogP contribution is -2.12.